The molecule has 0 aliphatic heterocycles. The van der Waals surface area contributed by atoms with E-state index in [9.17, 15) is 57.1 Å². The van der Waals surface area contributed by atoms with Crippen molar-refractivity contribution in [3.63, 3.8) is 0 Å². The minimum absolute atomic E-state index is 0.197. The van der Waals surface area contributed by atoms with Crippen LogP contribution < -0.4 is 0 Å². The fraction of sp³-hybridized carbons (Fsp3) is 0.571. The molecule has 0 aromatic heterocycles. The van der Waals surface area contributed by atoms with E-state index in [1.807, 2.05) is 0 Å². The molecule has 0 aliphatic carbocycles. The van der Waals surface area contributed by atoms with Crippen molar-refractivity contribution in [3.05, 3.63) is 30.3 Å². The molecule has 1 rings (SSSR count). The van der Waals surface area contributed by atoms with E-state index in [2.05, 4.69) is 0 Å². The van der Waals surface area contributed by atoms with E-state index in [4.69, 9.17) is 0 Å². The number of thioether (sulfide) groups is 1. The smallest absolute Gasteiger partial charge is 0.200 e. The zero-order valence-corrected chi connectivity index (χ0v) is 13.9. The van der Waals surface area contributed by atoms with Crippen LogP contribution in [0.3, 0.4) is 0 Å². The normalized spacial score (nSPS) is 15.0. The molecular formula is C14H9F13S. The number of hydrogen-bond donors (Lipinski definition) is 0. The lowest BCUT2D eigenvalue weighted by Gasteiger charge is -2.39. The maximum Gasteiger partial charge on any atom is 0.460 e. The van der Waals surface area contributed by atoms with Gasteiger partial charge in [0.1, 0.15) is 0 Å². The van der Waals surface area contributed by atoms with E-state index in [0.717, 1.165) is 0 Å². The molecule has 0 bridgehead atoms. The van der Waals surface area contributed by atoms with Gasteiger partial charge in [0.2, 0.25) is 0 Å². The van der Waals surface area contributed by atoms with Gasteiger partial charge in [0.05, 0.1) is 0 Å². The molecule has 162 valence electrons. The molecule has 0 saturated carbocycles. The quantitative estimate of drug-likeness (QED) is 0.303. The summed E-state index contributed by atoms with van der Waals surface area (Å²) in [5, 5.41) is 0. The summed E-state index contributed by atoms with van der Waals surface area (Å²) in [5.41, 5.74) is 0. The number of alkyl halides is 13. The van der Waals surface area contributed by atoms with Crippen molar-refractivity contribution in [2.24, 2.45) is 0 Å². The van der Waals surface area contributed by atoms with E-state index in [-0.39, 0.29) is 4.90 Å². The summed E-state index contributed by atoms with van der Waals surface area (Å²) in [7, 11) is 0. The molecule has 0 amide bonds. The molecule has 0 heterocycles. The van der Waals surface area contributed by atoms with Crippen LogP contribution in [0.1, 0.15) is 6.42 Å². The summed E-state index contributed by atoms with van der Waals surface area (Å²) in [6.45, 7) is 0. The highest BCUT2D eigenvalue weighted by molar-refractivity contribution is 7.99. The van der Waals surface area contributed by atoms with Gasteiger partial charge in [-0.05, 0) is 12.1 Å². The van der Waals surface area contributed by atoms with Crippen molar-refractivity contribution in [1.29, 1.82) is 0 Å². The van der Waals surface area contributed by atoms with Gasteiger partial charge in [-0.25, -0.2) is 0 Å². The largest absolute Gasteiger partial charge is 0.460 e. The number of halogens is 13. The van der Waals surface area contributed by atoms with E-state index in [0.29, 0.717) is 11.8 Å². The Bertz CT molecular complexity index is 651. The van der Waals surface area contributed by atoms with Crippen LogP contribution in [-0.2, 0) is 0 Å². The van der Waals surface area contributed by atoms with Crippen LogP contribution in [0.15, 0.2) is 35.2 Å². The summed E-state index contributed by atoms with van der Waals surface area (Å²) < 4.78 is 168. The molecule has 1 aromatic rings. The monoisotopic (exact) mass is 456 g/mol. The molecule has 0 atom stereocenters. The van der Waals surface area contributed by atoms with Gasteiger partial charge in [0, 0.05) is 17.1 Å². The van der Waals surface area contributed by atoms with Crippen molar-refractivity contribution < 1.29 is 57.1 Å². The summed E-state index contributed by atoms with van der Waals surface area (Å²) in [6, 6.07) is 6.86. The zero-order valence-electron chi connectivity index (χ0n) is 13.1. The van der Waals surface area contributed by atoms with E-state index in [1.54, 1.807) is 0 Å². The summed E-state index contributed by atoms with van der Waals surface area (Å²) in [6.07, 6.45) is -9.60. The van der Waals surface area contributed by atoms with Crippen molar-refractivity contribution in [2.45, 2.75) is 47.1 Å². The van der Waals surface area contributed by atoms with Crippen molar-refractivity contribution in [1.82, 2.24) is 0 Å². The Morgan fingerprint density at radius 3 is 1.43 bits per heavy atom. The second kappa shape index (κ2) is 7.48. The Balaban J connectivity index is 3.11. The molecule has 0 radical (unpaired) electrons. The highest BCUT2D eigenvalue weighted by atomic mass is 32.2. The van der Waals surface area contributed by atoms with Crippen molar-refractivity contribution in [3.8, 4) is 0 Å². The molecule has 0 spiro atoms. The fourth-order valence-corrected chi connectivity index (χ4v) is 2.72. The van der Waals surface area contributed by atoms with Gasteiger partial charge in [-0.1, -0.05) is 18.2 Å². The van der Waals surface area contributed by atoms with Crippen LogP contribution in [0, 0.1) is 0 Å². The molecule has 14 heteroatoms. The van der Waals surface area contributed by atoms with Crippen molar-refractivity contribution in [2.75, 3.05) is 5.75 Å². The van der Waals surface area contributed by atoms with Gasteiger partial charge < -0.3 is 0 Å². The maximum atomic E-state index is 13.5. The number of hydrogen-bond acceptors (Lipinski definition) is 1. The Morgan fingerprint density at radius 1 is 0.571 bits per heavy atom. The first-order chi connectivity index (χ1) is 12.3. The Hall–Kier alpha value is -1.34. The average molecular weight is 456 g/mol. The molecule has 0 N–H and O–H groups in total. The third kappa shape index (κ3) is 4.01. The van der Waals surface area contributed by atoms with Crippen LogP contribution >= 0.6 is 11.8 Å². The topological polar surface area (TPSA) is 0 Å². The first kappa shape index (κ1) is 24.7. The van der Waals surface area contributed by atoms with E-state index >= 15 is 0 Å². The third-order valence-corrected chi connectivity index (χ3v) is 4.44. The molecule has 0 aliphatic rings. The van der Waals surface area contributed by atoms with Gasteiger partial charge in [0.25, 0.3) is 0 Å². The second-order valence-electron chi connectivity index (χ2n) is 5.41. The minimum Gasteiger partial charge on any atom is -0.200 e. The van der Waals surface area contributed by atoms with Crippen LogP contribution in [0.25, 0.3) is 0 Å². The summed E-state index contributed by atoms with van der Waals surface area (Å²) in [4.78, 5) is 0.197. The molecule has 0 fully saturated rings. The second-order valence-corrected chi connectivity index (χ2v) is 6.58. The van der Waals surface area contributed by atoms with Gasteiger partial charge in [-0.15, -0.1) is 11.8 Å². The average Bonchev–Trinajstić information content (AvgIpc) is 2.53. The van der Waals surface area contributed by atoms with Crippen LogP contribution in [-0.4, -0.2) is 41.5 Å². The van der Waals surface area contributed by atoms with Gasteiger partial charge in [0.15, 0.2) is 0 Å². The van der Waals surface area contributed by atoms with Crippen molar-refractivity contribution >= 4 is 11.8 Å². The molecule has 1 aromatic carbocycles. The zero-order chi connectivity index (χ0) is 22.2. The highest BCUT2D eigenvalue weighted by Crippen LogP contribution is 2.60. The van der Waals surface area contributed by atoms with Crippen LogP contribution in [0.2, 0.25) is 0 Å². The first-order valence-corrected chi connectivity index (χ1v) is 7.95. The predicted octanol–water partition coefficient (Wildman–Crippen LogP) is 6.91. The Kier molecular flexibility index (Phi) is 6.60. The molecule has 0 nitrogen and oxygen atoms in total. The lowest BCUT2D eigenvalue weighted by molar-refractivity contribution is -0.439. The van der Waals surface area contributed by atoms with Gasteiger partial charge in [-0.2, -0.15) is 57.1 Å². The van der Waals surface area contributed by atoms with E-state index < -0.39 is 48.0 Å². The van der Waals surface area contributed by atoms with Gasteiger partial charge >= 0.3 is 35.8 Å². The Morgan fingerprint density at radius 2 is 1.00 bits per heavy atom. The molecule has 28 heavy (non-hydrogen) atoms. The lowest BCUT2D eigenvalue weighted by Crippen LogP contribution is -2.70. The highest BCUT2D eigenvalue weighted by Gasteiger charge is 2.90. The number of rotatable bonds is 8. The SMILES string of the molecule is FC(F)(F)C(F)(F)C(F)(F)C(F)(F)C(F)(F)C(F)(F)CCSc1ccccc1. The summed E-state index contributed by atoms with van der Waals surface area (Å²) in [5.74, 6) is -37.6. The fourth-order valence-electron chi connectivity index (χ4n) is 1.77. The van der Waals surface area contributed by atoms with E-state index in [1.165, 1.54) is 30.3 Å². The minimum atomic E-state index is -7.85. The summed E-state index contributed by atoms with van der Waals surface area (Å²) >= 11 is 0.417. The van der Waals surface area contributed by atoms with Crippen LogP contribution in [0.4, 0.5) is 57.1 Å². The molecule has 0 saturated heterocycles. The molecular weight excluding hydrogens is 447 g/mol. The number of benzene rings is 1. The predicted molar refractivity (Wildman–Crippen MR) is 72.6 cm³/mol. The maximum absolute atomic E-state index is 13.5. The van der Waals surface area contributed by atoms with Gasteiger partial charge in [-0.3, -0.25) is 0 Å². The lowest BCUT2D eigenvalue weighted by atomic mass is 9.93. The third-order valence-electron chi connectivity index (χ3n) is 3.43. The standard InChI is InChI=1S/C14H9F13S/c15-9(16,6-7-28-8-4-2-1-3-5-8)10(17,18)11(19,20)12(21,22)13(23,24)14(25,26)27/h1-5H,6-7H2. The molecule has 0 unspecified atom stereocenters. The Labute approximate surface area is 153 Å². The first-order valence-electron chi connectivity index (χ1n) is 6.96. The van der Waals surface area contributed by atoms with Crippen LogP contribution in [0.5, 0.6) is 0 Å².